The topological polar surface area (TPSA) is 82.2 Å². The number of nitrogens with one attached hydrogen (secondary N) is 1. The van der Waals surface area contributed by atoms with Gasteiger partial charge in [-0.15, -0.1) is 0 Å². The summed E-state index contributed by atoms with van der Waals surface area (Å²) >= 11 is 6.15. The fourth-order valence-corrected chi connectivity index (χ4v) is 3.76. The van der Waals surface area contributed by atoms with Crippen LogP contribution in [0.3, 0.4) is 0 Å². The summed E-state index contributed by atoms with van der Waals surface area (Å²) in [5, 5.41) is 3.41. The van der Waals surface area contributed by atoms with Gasteiger partial charge in [-0.2, -0.15) is 0 Å². The van der Waals surface area contributed by atoms with Crippen molar-refractivity contribution < 1.29 is 19.1 Å². The highest BCUT2D eigenvalue weighted by Crippen LogP contribution is 2.34. The third kappa shape index (κ3) is 3.57. The molecule has 0 saturated carbocycles. The molecule has 2 aliphatic heterocycles. The van der Waals surface area contributed by atoms with Crippen molar-refractivity contribution in [3.8, 4) is 0 Å². The second-order valence-corrected chi connectivity index (χ2v) is 7.15. The number of halogens is 1. The molecular formula is C19H23ClN4O4. The molecule has 3 rings (SSSR count). The number of rotatable bonds is 6. The first-order valence-corrected chi connectivity index (χ1v) is 9.28. The molecule has 8 nitrogen and oxygen atoms in total. The Bertz CT molecular complexity index is 828. The minimum atomic E-state index is -0.606. The first-order chi connectivity index (χ1) is 13.4. The van der Waals surface area contributed by atoms with Gasteiger partial charge in [-0.1, -0.05) is 29.8 Å². The third-order valence-corrected chi connectivity index (χ3v) is 5.42. The molecule has 150 valence electrons. The zero-order chi connectivity index (χ0) is 20.4. The molecule has 2 atom stereocenters. The lowest BCUT2D eigenvalue weighted by atomic mass is 10.0. The summed E-state index contributed by atoms with van der Waals surface area (Å²) in [7, 11) is 4.63. The molecule has 28 heavy (non-hydrogen) atoms. The summed E-state index contributed by atoms with van der Waals surface area (Å²) in [6, 6.07) is 6.85. The molecule has 9 heteroatoms. The molecule has 1 aromatic carbocycles. The van der Waals surface area contributed by atoms with E-state index in [1.54, 1.807) is 31.2 Å². The number of benzene rings is 1. The van der Waals surface area contributed by atoms with E-state index in [0.29, 0.717) is 23.9 Å². The van der Waals surface area contributed by atoms with Gasteiger partial charge < -0.3 is 19.9 Å². The molecule has 0 spiro atoms. The second kappa shape index (κ2) is 8.20. The number of imide groups is 1. The van der Waals surface area contributed by atoms with Crippen LogP contribution in [0.5, 0.6) is 0 Å². The van der Waals surface area contributed by atoms with Crippen molar-refractivity contribution in [1.82, 2.24) is 20.0 Å². The predicted molar refractivity (Wildman–Crippen MR) is 103 cm³/mol. The predicted octanol–water partition coefficient (Wildman–Crippen LogP) is 1.27. The molecule has 2 unspecified atom stereocenters. The molecule has 0 aliphatic carbocycles. The molecule has 1 N–H and O–H groups in total. The van der Waals surface area contributed by atoms with Crippen molar-refractivity contribution in [3.63, 3.8) is 0 Å². The molecule has 1 fully saturated rings. The van der Waals surface area contributed by atoms with Crippen LogP contribution in [0.1, 0.15) is 5.56 Å². The lowest BCUT2D eigenvalue weighted by Gasteiger charge is -2.43. The van der Waals surface area contributed by atoms with Gasteiger partial charge in [-0.05, 0) is 17.7 Å². The Morgan fingerprint density at radius 1 is 1.25 bits per heavy atom. The fraction of sp³-hybridized carbons (Fsp3) is 0.421. The lowest BCUT2D eigenvalue weighted by molar-refractivity contribution is -0.137. The number of ether oxygens (including phenoxy) is 1. The quantitative estimate of drug-likeness (QED) is 0.769. The average molecular weight is 407 g/mol. The van der Waals surface area contributed by atoms with Crippen molar-refractivity contribution in [2.24, 2.45) is 5.92 Å². The van der Waals surface area contributed by atoms with Crippen molar-refractivity contribution >= 4 is 29.4 Å². The Labute approximate surface area is 168 Å². The summed E-state index contributed by atoms with van der Waals surface area (Å²) in [6.45, 7) is 0.980. The summed E-state index contributed by atoms with van der Waals surface area (Å²) in [5.41, 5.74) is 1.14. The maximum Gasteiger partial charge on any atom is 0.327 e. The van der Waals surface area contributed by atoms with Crippen LogP contribution in [-0.2, 0) is 20.9 Å². The van der Waals surface area contributed by atoms with E-state index in [1.807, 2.05) is 18.2 Å². The fourth-order valence-electron chi connectivity index (χ4n) is 3.56. The number of carbonyl (C=O) groups excluding carboxylic acids is 3. The van der Waals surface area contributed by atoms with Crippen LogP contribution in [0.25, 0.3) is 0 Å². The SMILES string of the molecule is COCCN1C(C(=O)NCc2ccccc2Cl)=CC2C(=O)N(C)C(=O)N(C)C21. The number of hydrogen-bond acceptors (Lipinski definition) is 5. The number of fused-ring (bicyclic) bond motifs is 1. The van der Waals surface area contributed by atoms with Gasteiger partial charge >= 0.3 is 6.03 Å². The maximum atomic E-state index is 12.9. The molecule has 4 amide bonds. The van der Waals surface area contributed by atoms with E-state index in [0.717, 1.165) is 10.5 Å². The van der Waals surface area contributed by atoms with E-state index in [2.05, 4.69) is 5.32 Å². The van der Waals surface area contributed by atoms with Gasteiger partial charge in [0.15, 0.2) is 0 Å². The third-order valence-electron chi connectivity index (χ3n) is 5.05. The Kier molecular flexibility index (Phi) is 5.90. The number of carbonyl (C=O) groups is 3. The summed E-state index contributed by atoms with van der Waals surface area (Å²) < 4.78 is 5.15. The van der Waals surface area contributed by atoms with Gasteiger partial charge in [0.1, 0.15) is 11.9 Å². The van der Waals surface area contributed by atoms with Gasteiger partial charge in [0.2, 0.25) is 5.91 Å². The Morgan fingerprint density at radius 3 is 2.64 bits per heavy atom. The van der Waals surface area contributed by atoms with Gasteiger partial charge in [0.05, 0.1) is 12.5 Å². The number of urea groups is 1. The van der Waals surface area contributed by atoms with Crippen LogP contribution < -0.4 is 5.32 Å². The number of hydrogen-bond donors (Lipinski definition) is 1. The standard InChI is InChI=1S/C19H23ClN4O4/c1-22-17-13(18(26)23(2)19(22)27)10-15(24(17)8-9-28-3)16(25)21-11-12-6-4-5-7-14(12)20/h4-7,10,13,17H,8-9,11H2,1-3H3,(H,21,25). The van der Waals surface area contributed by atoms with E-state index in [9.17, 15) is 14.4 Å². The molecule has 0 radical (unpaired) electrons. The van der Waals surface area contributed by atoms with E-state index in [-0.39, 0.29) is 18.4 Å². The van der Waals surface area contributed by atoms with Crippen LogP contribution >= 0.6 is 11.6 Å². The number of nitrogens with zero attached hydrogens (tertiary/aromatic N) is 3. The molecule has 0 aromatic heterocycles. The number of methoxy groups -OCH3 is 1. The lowest BCUT2D eigenvalue weighted by Crippen LogP contribution is -2.62. The summed E-state index contributed by atoms with van der Waals surface area (Å²) in [4.78, 5) is 42.2. The van der Waals surface area contributed by atoms with Gasteiger partial charge in [-0.3, -0.25) is 14.5 Å². The van der Waals surface area contributed by atoms with E-state index < -0.39 is 18.1 Å². The van der Waals surface area contributed by atoms with E-state index >= 15 is 0 Å². The first-order valence-electron chi connectivity index (χ1n) is 8.90. The highest BCUT2D eigenvalue weighted by molar-refractivity contribution is 6.31. The van der Waals surface area contributed by atoms with E-state index in [4.69, 9.17) is 16.3 Å². The van der Waals surface area contributed by atoms with Crippen molar-refractivity contribution in [2.45, 2.75) is 12.7 Å². The maximum absolute atomic E-state index is 12.9. The second-order valence-electron chi connectivity index (χ2n) is 6.74. The molecule has 0 bridgehead atoms. The van der Waals surface area contributed by atoms with Crippen LogP contribution in [0.2, 0.25) is 5.02 Å². The normalized spacial score (nSPS) is 21.7. The average Bonchev–Trinajstić information content (AvgIpc) is 3.08. The van der Waals surface area contributed by atoms with Crippen molar-refractivity contribution in [3.05, 3.63) is 46.6 Å². The highest BCUT2D eigenvalue weighted by atomic mass is 35.5. The molecular weight excluding hydrogens is 384 g/mol. The molecule has 2 heterocycles. The zero-order valence-corrected chi connectivity index (χ0v) is 16.8. The Morgan fingerprint density at radius 2 is 1.96 bits per heavy atom. The molecule has 1 aromatic rings. The van der Waals surface area contributed by atoms with Crippen molar-refractivity contribution in [2.75, 3.05) is 34.4 Å². The largest absolute Gasteiger partial charge is 0.383 e. The smallest absolute Gasteiger partial charge is 0.327 e. The molecule has 1 saturated heterocycles. The zero-order valence-electron chi connectivity index (χ0n) is 16.0. The van der Waals surface area contributed by atoms with Crippen molar-refractivity contribution in [1.29, 1.82) is 0 Å². The van der Waals surface area contributed by atoms with Gasteiger partial charge in [0, 0.05) is 39.3 Å². The summed E-state index contributed by atoms with van der Waals surface area (Å²) in [6.07, 6.45) is 1.08. The van der Waals surface area contributed by atoms with Crippen LogP contribution in [0.4, 0.5) is 4.79 Å². The van der Waals surface area contributed by atoms with Crippen LogP contribution in [-0.4, -0.2) is 73.1 Å². The highest BCUT2D eigenvalue weighted by Gasteiger charge is 2.50. The summed E-state index contributed by atoms with van der Waals surface area (Å²) in [5.74, 6) is -1.27. The van der Waals surface area contributed by atoms with Crippen LogP contribution in [0, 0.1) is 5.92 Å². The van der Waals surface area contributed by atoms with Crippen LogP contribution in [0.15, 0.2) is 36.0 Å². The minimum absolute atomic E-state index is 0.256. The van der Waals surface area contributed by atoms with Gasteiger partial charge in [0.25, 0.3) is 5.91 Å². The monoisotopic (exact) mass is 406 g/mol. The molecule has 2 aliphatic rings. The van der Waals surface area contributed by atoms with E-state index in [1.165, 1.54) is 11.9 Å². The minimum Gasteiger partial charge on any atom is -0.383 e. The first kappa shape index (κ1) is 20.2. The van der Waals surface area contributed by atoms with Gasteiger partial charge in [-0.25, -0.2) is 4.79 Å². The Hall–Kier alpha value is -2.58. The Balaban J connectivity index is 1.83. The number of amides is 4.